The zero-order valence-corrected chi connectivity index (χ0v) is 12.1. The molecule has 0 bridgehead atoms. The molecule has 1 aromatic rings. The Morgan fingerprint density at radius 2 is 1.79 bits per heavy atom. The monoisotopic (exact) mass is 260 g/mol. The Kier molecular flexibility index (Phi) is 4.62. The topological polar surface area (TPSA) is 26.3 Å². The van der Waals surface area contributed by atoms with E-state index < -0.39 is 0 Å². The van der Waals surface area contributed by atoms with Gasteiger partial charge in [0.1, 0.15) is 0 Å². The Hall–Kier alpha value is -1.31. The van der Waals surface area contributed by atoms with Gasteiger partial charge in [0.25, 0.3) is 0 Å². The van der Waals surface area contributed by atoms with Crippen molar-refractivity contribution in [1.82, 2.24) is 0 Å². The molecule has 19 heavy (non-hydrogen) atoms. The average molecular weight is 260 g/mol. The van der Waals surface area contributed by atoms with Gasteiger partial charge in [0, 0.05) is 0 Å². The summed E-state index contributed by atoms with van der Waals surface area (Å²) in [6.45, 7) is 2.43. The second kappa shape index (κ2) is 6.23. The average Bonchev–Trinajstić information content (AvgIpc) is 2.46. The Labute approximate surface area is 116 Å². The minimum atomic E-state index is -0.259. The van der Waals surface area contributed by atoms with Crippen molar-refractivity contribution in [2.24, 2.45) is 5.41 Å². The highest BCUT2D eigenvalue weighted by atomic mass is 16.5. The minimum Gasteiger partial charge on any atom is -0.465 e. The van der Waals surface area contributed by atoms with E-state index in [-0.39, 0.29) is 5.97 Å². The molecule has 0 atom stereocenters. The first-order chi connectivity index (χ1) is 9.13. The van der Waals surface area contributed by atoms with Crippen molar-refractivity contribution >= 4 is 5.97 Å². The molecule has 0 radical (unpaired) electrons. The first-order valence-corrected chi connectivity index (χ1v) is 7.30. The van der Waals surface area contributed by atoms with Crippen LogP contribution in [0.5, 0.6) is 0 Å². The van der Waals surface area contributed by atoms with Gasteiger partial charge in [0.15, 0.2) is 0 Å². The summed E-state index contributed by atoms with van der Waals surface area (Å²) in [5, 5.41) is 0. The van der Waals surface area contributed by atoms with Crippen molar-refractivity contribution in [2.75, 3.05) is 7.11 Å². The van der Waals surface area contributed by atoms with Gasteiger partial charge in [-0.3, -0.25) is 0 Å². The Balaban J connectivity index is 1.91. The number of aryl methyl sites for hydroxylation is 1. The third-order valence-corrected chi connectivity index (χ3v) is 4.45. The van der Waals surface area contributed by atoms with E-state index >= 15 is 0 Å². The van der Waals surface area contributed by atoms with Gasteiger partial charge in [-0.2, -0.15) is 0 Å². The summed E-state index contributed by atoms with van der Waals surface area (Å²) in [5.41, 5.74) is 2.48. The number of hydrogen-bond acceptors (Lipinski definition) is 2. The van der Waals surface area contributed by atoms with Crippen LogP contribution in [0.1, 0.15) is 61.4 Å². The molecule has 1 aliphatic rings. The first-order valence-electron chi connectivity index (χ1n) is 7.30. The van der Waals surface area contributed by atoms with Crippen LogP contribution in [0.2, 0.25) is 0 Å². The second-order valence-electron chi connectivity index (χ2n) is 6.06. The highest BCUT2D eigenvalue weighted by Crippen LogP contribution is 2.39. The fraction of sp³-hybridized carbons (Fsp3) is 0.588. The van der Waals surface area contributed by atoms with Crippen LogP contribution < -0.4 is 0 Å². The largest absolute Gasteiger partial charge is 0.465 e. The van der Waals surface area contributed by atoms with Crippen molar-refractivity contribution in [1.29, 1.82) is 0 Å². The van der Waals surface area contributed by atoms with Crippen molar-refractivity contribution in [3.05, 3.63) is 35.4 Å². The molecule has 0 spiro atoms. The summed E-state index contributed by atoms with van der Waals surface area (Å²) >= 11 is 0. The normalized spacial score (nSPS) is 18.0. The Morgan fingerprint density at radius 3 is 2.37 bits per heavy atom. The number of hydrogen-bond donors (Lipinski definition) is 0. The number of methoxy groups -OCH3 is 1. The van der Waals surface area contributed by atoms with Crippen LogP contribution >= 0.6 is 0 Å². The number of carbonyl (C=O) groups is 1. The Bertz CT molecular complexity index is 413. The van der Waals surface area contributed by atoms with Crippen LogP contribution in [-0.2, 0) is 11.2 Å². The molecule has 0 N–H and O–H groups in total. The van der Waals surface area contributed by atoms with Crippen LogP contribution in [-0.4, -0.2) is 13.1 Å². The first kappa shape index (κ1) is 14.1. The maximum atomic E-state index is 11.4. The lowest BCUT2D eigenvalue weighted by Crippen LogP contribution is -2.20. The van der Waals surface area contributed by atoms with E-state index in [1.807, 2.05) is 12.1 Å². The molecule has 0 amide bonds. The van der Waals surface area contributed by atoms with Gasteiger partial charge in [0.05, 0.1) is 12.7 Å². The smallest absolute Gasteiger partial charge is 0.337 e. The van der Waals surface area contributed by atoms with Crippen molar-refractivity contribution in [2.45, 2.75) is 51.9 Å². The van der Waals surface area contributed by atoms with Crippen LogP contribution in [0.3, 0.4) is 0 Å². The van der Waals surface area contributed by atoms with E-state index in [0.29, 0.717) is 11.0 Å². The predicted octanol–water partition coefficient (Wildman–Crippen LogP) is 4.38. The third-order valence-electron chi connectivity index (χ3n) is 4.45. The van der Waals surface area contributed by atoms with E-state index in [0.717, 1.165) is 6.42 Å². The lowest BCUT2D eigenvalue weighted by atomic mass is 9.72. The highest BCUT2D eigenvalue weighted by Gasteiger charge is 2.26. The third kappa shape index (κ3) is 3.82. The van der Waals surface area contributed by atoms with Crippen molar-refractivity contribution in [3.8, 4) is 0 Å². The Morgan fingerprint density at radius 1 is 1.16 bits per heavy atom. The summed E-state index contributed by atoms with van der Waals surface area (Å²) in [4.78, 5) is 11.4. The molecular weight excluding hydrogens is 236 g/mol. The molecular formula is C17H24O2. The summed E-state index contributed by atoms with van der Waals surface area (Å²) in [6.07, 6.45) is 9.28. The highest BCUT2D eigenvalue weighted by molar-refractivity contribution is 5.89. The zero-order valence-electron chi connectivity index (χ0n) is 12.1. The fourth-order valence-corrected chi connectivity index (χ4v) is 3.03. The molecule has 2 nitrogen and oxygen atoms in total. The van der Waals surface area contributed by atoms with Crippen molar-refractivity contribution in [3.63, 3.8) is 0 Å². The molecule has 104 valence electrons. The molecule has 1 aliphatic carbocycles. The molecule has 2 heteroatoms. The second-order valence-corrected chi connectivity index (χ2v) is 6.06. The maximum Gasteiger partial charge on any atom is 0.337 e. The van der Waals surface area contributed by atoms with E-state index in [2.05, 4.69) is 19.1 Å². The van der Waals surface area contributed by atoms with Gasteiger partial charge in [-0.1, -0.05) is 38.3 Å². The lowest BCUT2D eigenvalue weighted by molar-refractivity contribution is 0.0600. The number of ether oxygens (including phenoxy) is 1. The van der Waals surface area contributed by atoms with Crippen LogP contribution in [0.25, 0.3) is 0 Å². The van der Waals surface area contributed by atoms with Gasteiger partial charge in [-0.05, 0) is 48.8 Å². The van der Waals surface area contributed by atoms with E-state index in [1.165, 1.54) is 51.2 Å². The molecule has 0 heterocycles. The minimum absolute atomic E-state index is 0.259. The van der Waals surface area contributed by atoms with Gasteiger partial charge in [0.2, 0.25) is 0 Å². The molecule has 0 saturated heterocycles. The predicted molar refractivity (Wildman–Crippen MR) is 77.3 cm³/mol. The quantitative estimate of drug-likeness (QED) is 0.751. The summed E-state index contributed by atoms with van der Waals surface area (Å²) in [5.74, 6) is -0.259. The van der Waals surface area contributed by atoms with Gasteiger partial charge < -0.3 is 4.74 Å². The molecule has 1 saturated carbocycles. The standard InChI is InChI=1S/C17H24O2/c1-17(11-4-3-5-12-17)13-10-14-6-8-15(9-7-14)16(18)19-2/h6-9H,3-5,10-13H2,1-2H3. The maximum absolute atomic E-state index is 11.4. The molecule has 1 fully saturated rings. The van der Waals surface area contributed by atoms with E-state index in [1.54, 1.807) is 0 Å². The van der Waals surface area contributed by atoms with Crippen LogP contribution in [0, 0.1) is 5.41 Å². The van der Waals surface area contributed by atoms with Crippen LogP contribution in [0.4, 0.5) is 0 Å². The number of rotatable bonds is 4. The molecule has 0 aromatic heterocycles. The fourth-order valence-electron chi connectivity index (χ4n) is 3.03. The van der Waals surface area contributed by atoms with Crippen LogP contribution in [0.15, 0.2) is 24.3 Å². The number of benzene rings is 1. The molecule has 0 unspecified atom stereocenters. The zero-order chi connectivity index (χ0) is 13.7. The van der Waals surface area contributed by atoms with E-state index in [4.69, 9.17) is 4.74 Å². The number of esters is 1. The SMILES string of the molecule is COC(=O)c1ccc(CCC2(C)CCCCC2)cc1. The summed E-state index contributed by atoms with van der Waals surface area (Å²) in [7, 11) is 1.42. The summed E-state index contributed by atoms with van der Waals surface area (Å²) < 4.78 is 4.71. The number of carbonyl (C=O) groups excluding carboxylic acids is 1. The van der Waals surface area contributed by atoms with Crippen molar-refractivity contribution < 1.29 is 9.53 Å². The van der Waals surface area contributed by atoms with Gasteiger partial charge >= 0.3 is 5.97 Å². The van der Waals surface area contributed by atoms with Gasteiger partial charge in [-0.25, -0.2) is 4.79 Å². The molecule has 1 aromatic carbocycles. The molecule has 0 aliphatic heterocycles. The molecule has 2 rings (SSSR count). The van der Waals surface area contributed by atoms with Gasteiger partial charge in [-0.15, -0.1) is 0 Å². The lowest BCUT2D eigenvalue weighted by Gasteiger charge is -2.33. The van der Waals surface area contributed by atoms with E-state index in [9.17, 15) is 4.79 Å². The summed E-state index contributed by atoms with van der Waals surface area (Å²) in [6, 6.07) is 7.84.